The van der Waals surface area contributed by atoms with Crippen LogP contribution in [0.25, 0.3) is 16.6 Å². The number of carbonyl (C=O) groups excluding carboxylic acids is 1. The van der Waals surface area contributed by atoms with Gasteiger partial charge < -0.3 is 9.88 Å². The first-order valence-electron chi connectivity index (χ1n) is 8.01. The number of rotatable bonds is 2. The number of aryl methyl sites for hydroxylation is 2. The van der Waals surface area contributed by atoms with E-state index in [2.05, 4.69) is 10.4 Å². The molecule has 130 valence electrons. The number of nitrogens with one attached hydrogen (secondary N) is 1. The summed E-state index contributed by atoms with van der Waals surface area (Å²) in [6, 6.07) is 14.1. The third kappa shape index (κ3) is 2.55. The summed E-state index contributed by atoms with van der Waals surface area (Å²) in [5, 5.41) is 7.77. The van der Waals surface area contributed by atoms with Crippen LogP contribution in [0.3, 0.4) is 0 Å². The van der Waals surface area contributed by atoms with Gasteiger partial charge in [-0.15, -0.1) is 0 Å². The van der Waals surface area contributed by atoms with Gasteiger partial charge in [-0.05, 0) is 42.8 Å². The highest BCUT2D eigenvalue weighted by atomic mass is 35.5. The van der Waals surface area contributed by atoms with Gasteiger partial charge in [0.1, 0.15) is 5.52 Å². The molecule has 7 heteroatoms. The lowest BCUT2D eigenvalue weighted by molar-refractivity contribution is 0.102. The highest BCUT2D eigenvalue weighted by Gasteiger charge is 2.16. The number of para-hydroxylation sites is 2. The van der Waals surface area contributed by atoms with E-state index >= 15 is 0 Å². The van der Waals surface area contributed by atoms with E-state index < -0.39 is 0 Å². The number of fused-ring (bicyclic) bond motifs is 3. The molecule has 1 amide bonds. The molecule has 0 aliphatic carbocycles. The molecule has 4 rings (SSSR count). The van der Waals surface area contributed by atoms with Crippen molar-refractivity contribution < 1.29 is 4.79 Å². The standard InChI is InChI=1S/C19H15ClN4O2/c1-11-9-12(20)7-8-13(11)21-18(25)14-10-17-19(26)23(2)15-5-3-4-6-16(15)24(17)22-14/h3-10H,1-2H3,(H,21,25). The normalized spacial score (nSPS) is 11.2. The summed E-state index contributed by atoms with van der Waals surface area (Å²) < 4.78 is 3.07. The molecule has 1 N–H and O–H groups in total. The van der Waals surface area contributed by atoms with Gasteiger partial charge in [0.05, 0.1) is 11.0 Å². The second-order valence-corrected chi connectivity index (χ2v) is 6.53. The summed E-state index contributed by atoms with van der Waals surface area (Å²) in [7, 11) is 1.70. The molecule has 0 spiro atoms. The summed E-state index contributed by atoms with van der Waals surface area (Å²) >= 11 is 5.95. The number of halogens is 1. The van der Waals surface area contributed by atoms with Crippen molar-refractivity contribution in [1.82, 2.24) is 14.2 Å². The Balaban J connectivity index is 1.82. The fraction of sp³-hybridized carbons (Fsp3) is 0.105. The average molecular weight is 367 g/mol. The Kier molecular flexibility index (Phi) is 3.77. The number of nitrogens with zero attached hydrogens (tertiary/aromatic N) is 3. The van der Waals surface area contributed by atoms with Gasteiger partial charge in [-0.2, -0.15) is 5.10 Å². The molecule has 4 aromatic rings. The van der Waals surface area contributed by atoms with Crippen LogP contribution in [-0.2, 0) is 7.05 Å². The minimum absolute atomic E-state index is 0.174. The predicted molar refractivity (Wildman–Crippen MR) is 102 cm³/mol. The zero-order valence-corrected chi connectivity index (χ0v) is 14.9. The van der Waals surface area contributed by atoms with Crippen LogP contribution in [0.15, 0.2) is 53.3 Å². The summed E-state index contributed by atoms with van der Waals surface area (Å²) in [5.74, 6) is -0.384. The Morgan fingerprint density at radius 2 is 1.81 bits per heavy atom. The quantitative estimate of drug-likeness (QED) is 0.591. The number of benzene rings is 2. The van der Waals surface area contributed by atoms with Crippen LogP contribution < -0.4 is 10.9 Å². The Hall–Kier alpha value is -3.12. The Labute approximate surface area is 153 Å². The molecule has 0 radical (unpaired) electrons. The fourth-order valence-corrected chi connectivity index (χ4v) is 3.22. The minimum atomic E-state index is -0.384. The Morgan fingerprint density at radius 3 is 2.54 bits per heavy atom. The zero-order valence-electron chi connectivity index (χ0n) is 14.2. The number of hydrogen-bond donors (Lipinski definition) is 1. The molecule has 0 aliphatic rings. The topological polar surface area (TPSA) is 68.4 Å². The van der Waals surface area contributed by atoms with Crippen molar-refractivity contribution in [3.05, 3.63) is 75.2 Å². The average Bonchev–Trinajstić information content (AvgIpc) is 3.08. The van der Waals surface area contributed by atoms with E-state index in [1.165, 1.54) is 10.6 Å². The SMILES string of the molecule is Cc1cc(Cl)ccc1NC(=O)c1cc2c(=O)n(C)c3ccccc3n2n1. The second kappa shape index (κ2) is 6.00. The smallest absolute Gasteiger partial charge is 0.276 e. The number of aromatic nitrogens is 3. The van der Waals surface area contributed by atoms with Gasteiger partial charge in [0.25, 0.3) is 11.5 Å². The third-order valence-corrected chi connectivity index (χ3v) is 4.61. The molecule has 0 bridgehead atoms. The van der Waals surface area contributed by atoms with Crippen LogP contribution >= 0.6 is 11.6 Å². The maximum atomic E-state index is 12.6. The summed E-state index contributed by atoms with van der Waals surface area (Å²) in [6.07, 6.45) is 0. The first-order valence-corrected chi connectivity index (χ1v) is 8.38. The van der Waals surface area contributed by atoms with Crippen LogP contribution in [0.1, 0.15) is 16.1 Å². The Bertz CT molecular complexity index is 1240. The molecule has 0 aliphatic heterocycles. The monoisotopic (exact) mass is 366 g/mol. The van der Waals surface area contributed by atoms with Crippen LogP contribution in [0.5, 0.6) is 0 Å². The number of hydrogen-bond acceptors (Lipinski definition) is 3. The van der Waals surface area contributed by atoms with Gasteiger partial charge in [-0.1, -0.05) is 23.7 Å². The summed E-state index contributed by atoms with van der Waals surface area (Å²) in [5.41, 5.74) is 3.31. The molecule has 0 saturated carbocycles. The van der Waals surface area contributed by atoms with Gasteiger partial charge in [0, 0.05) is 23.8 Å². The fourth-order valence-electron chi connectivity index (χ4n) is 2.99. The van der Waals surface area contributed by atoms with Crippen molar-refractivity contribution in [2.75, 3.05) is 5.32 Å². The second-order valence-electron chi connectivity index (χ2n) is 6.09. The highest BCUT2D eigenvalue weighted by molar-refractivity contribution is 6.30. The molecule has 26 heavy (non-hydrogen) atoms. The van der Waals surface area contributed by atoms with Gasteiger partial charge in [0.2, 0.25) is 0 Å². The van der Waals surface area contributed by atoms with Gasteiger partial charge in [-0.25, -0.2) is 4.52 Å². The molecule has 0 fully saturated rings. The number of carbonyl (C=O) groups is 1. The Morgan fingerprint density at radius 1 is 1.08 bits per heavy atom. The first-order chi connectivity index (χ1) is 12.5. The summed E-state index contributed by atoms with van der Waals surface area (Å²) in [4.78, 5) is 25.2. The van der Waals surface area contributed by atoms with E-state index in [-0.39, 0.29) is 17.2 Å². The first kappa shape index (κ1) is 16.4. The molecule has 0 unspecified atom stereocenters. The predicted octanol–water partition coefficient (Wildman–Crippen LogP) is 3.40. The largest absolute Gasteiger partial charge is 0.320 e. The molecule has 2 aromatic carbocycles. The molecule has 2 heterocycles. The summed E-state index contributed by atoms with van der Waals surface area (Å²) in [6.45, 7) is 1.86. The van der Waals surface area contributed by atoms with Crippen molar-refractivity contribution in [3.63, 3.8) is 0 Å². The van der Waals surface area contributed by atoms with Crippen molar-refractivity contribution in [2.24, 2.45) is 7.05 Å². The maximum Gasteiger partial charge on any atom is 0.276 e. The van der Waals surface area contributed by atoms with E-state index in [0.717, 1.165) is 16.6 Å². The van der Waals surface area contributed by atoms with Gasteiger partial charge in [-0.3, -0.25) is 9.59 Å². The van der Waals surface area contributed by atoms with Crippen molar-refractivity contribution in [2.45, 2.75) is 6.92 Å². The van der Waals surface area contributed by atoms with Crippen LogP contribution in [0.2, 0.25) is 5.02 Å². The zero-order chi connectivity index (χ0) is 18.4. The van der Waals surface area contributed by atoms with E-state index in [4.69, 9.17) is 11.6 Å². The van der Waals surface area contributed by atoms with E-state index in [0.29, 0.717) is 16.2 Å². The van der Waals surface area contributed by atoms with Crippen molar-refractivity contribution in [1.29, 1.82) is 0 Å². The van der Waals surface area contributed by atoms with E-state index in [9.17, 15) is 9.59 Å². The minimum Gasteiger partial charge on any atom is -0.320 e. The third-order valence-electron chi connectivity index (χ3n) is 4.37. The van der Waals surface area contributed by atoms with Crippen LogP contribution in [0, 0.1) is 6.92 Å². The van der Waals surface area contributed by atoms with Crippen LogP contribution in [0.4, 0.5) is 5.69 Å². The number of amides is 1. The lowest BCUT2D eigenvalue weighted by Gasteiger charge is -2.07. The molecule has 6 nitrogen and oxygen atoms in total. The lowest BCUT2D eigenvalue weighted by atomic mass is 10.2. The van der Waals surface area contributed by atoms with Gasteiger partial charge in [0.15, 0.2) is 5.69 Å². The molecular formula is C19H15ClN4O2. The van der Waals surface area contributed by atoms with Crippen molar-refractivity contribution in [3.8, 4) is 0 Å². The highest BCUT2D eigenvalue weighted by Crippen LogP contribution is 2.20. The van der Waals surface area contributed by atoms with E-state index in [1.807, 2.05) is 31.2 Å². The maximum absolute atomic E-state index is 12.6. The van der Waals surface area contributed by atoms with Gasteiger partial charge >= 0.3 is 0 Å². The van der Waals surface area contributed by atoms with Crippen molar-refractivity contribution >= 4 is 39.7 Å². The molecule has 0 atom stereocenters. The number of anilines is 1. The van der Waals surface area contributed by atoms with Crippen LogP contribution in [-0.4, -0.2) is 20.1 Å². The molecule has 2 aromatic heterocycles. The molecular weight excluding hydrogens is 352 g/mol. The van der Waals surface area contributed by atoms with E-state index in [1.54, 1.807) is 29.8 Å². The molecule has 0 saturated heterocycles. The lowest BCUT2D eigenvalue weighted by Crippen LogP contribution is -2.19.